The van der Waals surface area contributed by atoms with E-state index in [1.54, 1.807) is 7.11 Å². The number of aryl methyl sites for hydroxylation is 1. The first kappa shape index (κ1) is 15.2. The molecule has 0 aliphatic rings. The molecule has 102 valence electrons. The molecule has 0 saturated heterocycles. The Kier molecular flexibility index (Phi) is 5.36. The molecule has 0 aromatic heterocycles. The fourth-order valence-electron chi connectivity index (χ4n) is 2.46. The van der Waals surface area contributed by atoms with Gasteiger partial charge >= 0.3 is 0 Å². The molecule has 0 spiro atoms. The van der Waals surface area contributed by atoms with Crippen LogP contribution in [0, 0.1) is 5.41 Å². The fourth-order valence-corrected chi connectivity index (χ4v) is 2.46. The summed E-state index contributed by atoms with van der Waals surface area (Å²) in [6, 6.07) is 8.49. The summed E-state index contributed by atoms with van der Waals surface area (Å²) in [4.78, 5) is 0. The second-order valence-electron chi connectivity index (χ2n) is 6.04. The summed E-state index contributed by atoms with van der Waals surface area (Å²) in [6.45, 7) is 8.68. The van der Waals surface area contributed by atoms with Crippen molar-refractivity contribution in [2.75, 3.05) is 7.11 Å². The van der Waals surface area contributed by atoms with Crippen molar-refractivity contribution in [3.05, 3.63) is 35.4 Å². The maximum Gasteiger partial charge on any atom is 0.0811 e. The van der Waals surface area contributed by atoms with E-state index in [2.05, 4.69) is 52.0 Å². The normalized spacial score (nSPS) is 15.4. The van der Waals surface area contributed by atoms with Crippen LogP contribution in [0.15, 0.2) is 24.3 Å². The van der Waals surface area contributed by atoms with Crippen LogP contribution in [-0.4, -0.2) is 13.2 Å². The number of nitrogens with two attached hydrogens (primary N) is 1. The Bertz CT molecular complexity index is 368. The van der Waals surface area contributed by atoms with Crippen LogP contribution in [0.25, 0.3) is 0 Å². The number of rotatable bonds is 5. The topological polar surface area (TPSA) is 35.2 Å². The molecule has 1 aromatic carbocycles. The minimum atomic E-state index is -0.0770. The minimum Gasteiger partial charge on any atom is -0.379 e. The summed E-state index contributed by atoms with van der Waals surface area (Å²) >= 11 is 0. The lowest BCUT2D eigenvalue weighted by Gasteiger charge is -2.34. The smallest absolute Gasteiger partial charge is 0.0811 e. The Morgan fingerprint density at radius 3 is 2.44 bits per heavy atom. The van der Waals surface area contributed by atoms with E-state index >= 15 is 0 Å². The van der Waals surface area contributed by atoms with Crippen molar-refractivity contribution in [1.29, 1.82) is 0 Å². The lowest BCUT2D eigenvalue weighted by Crippen LogP contribution is -2.38. The van der Waals surface area contributed by atoms with Crippen molar-refractivity contribution >= 4 is 0 Å². The van der Waals surface area contributed by atoms with Crippen LogP contribution >= 0.6 is 0 Å². The van der Waals surface area contributed by atoms with Crippen molar-refractivity contribution in [2.24, 2.45) is 11.1 Å². The van der Waals surface area contributed by atoms with Crippen LogP contribution in [0.5, 0.6) is 0 Å². The summed E-state index contributed by atoms with van der Waals surface area (Å²) < 4.78 is 5.61. The van der Waals surface area contributed by atoms with E-state index in [-0.39, 0.29) is 17.6 Å². The molecular weight excluding hydrogens is 222 g/mol. The Morgan fingerprint density at radius 2 is 1.94 bits per heavy atom. The zero-order valence-electron chi connectivity index (χ0n) is 12.4. The van der Waals surface area contributed by atoms with Gasteiger partial charge in [-0.1, -0.05) is 58.4 Å². The monoisotopic (exact) mass is 249 g/mol. The van der Waals surface area contributed by atoms with Crippen LogP contribution in [-0.2, 0) is 11.2 Å². The zero-order chi connectivity index (χ0) is 13.8. The summed E-state index contributed by atoms with van der Waals surface area (Å²) in [5, 5.41) is 0. The molecule has 2 nitrogen and oxygen atoms in total. The van der Waals surface area contributed by atoms with Gasteiger partial charge in [0.2, 0.25) is 0 Å². The van der Waals surface area contributed by atoms with Crippen LogP contribution in [0.1, 0.15) is 51.3 Å². The molecule has 1 aromatic rings. The highest BCUT2D eigenvalue weighted by atomic mass is 16.5. The summed E-state index contributed by atoms with van der Waals surface area (Å²) in [5.41, 5.74) is 8.94. The van der Waals surface area contributed by atoms with Gasteiger partial charge in [-0.15, -0.1) is 0 Å². The number of benzene rings is 1. The van der Waals surface area contributed by atoms with Crippen molar-refractivity contribution in [3.8, 4) is 0 Å². The van der Waals surface area contributed by atoms with Crippen LogP contribution in [0.2, 0.25) is 0 Å². The van der Waals surface area contributed by atoms with E-state index in [4.69, 9.17) is 10.5 Å². The third-order valence-corrected chi connectivity index (χ3v) is 3.31. The molecule has 0 fully saturated rings. The minimum absolute atomic E-state index is 0.0226. The molecule has 0 radical (unpaired) electrons. The fraction of sp³-hybridized carbons (Fsp3) is 0.625. The number of hydrogen-bond acceptors (Lipinski definition) is 2. The summed E-state index contributed by atoms with van der Waals surface area (Å²) in [5.74, 6) is 0. The molecule has 18 heavy (non-hydrogen) atoms. The van der Waals surface area contributed by atoms with E-state index < -0.39 is 0 Å². The van der Waals surface area contributed by atoms with E-state index in [1.165, 1.54) is 11.1 Å². The van der Waals surface area contributed by atoms with Gasteiger partial charge in [0.15, 0.2) is 0 Å². The number of methoxy groups -OCH3 is 1. The average molecular weight is 249 g/mol. The number of ether oxygens (including phenoxy) is 1. The van der Waals surface area contributed by atoms with Crippen molar-refractivity contribution in [2.45, 2.75) is 52.7 Å². The molecule has 0 saturated carbocycles. The third kappa shape index (κ3) is 3.82. The Morgan fingerprint density at radius 1 is 1.28 bits per heavy atom. The molecule has 0 aliphatic carbocycles. The van der Waals surface area contributed by atoms with Gasteiger partial charge in [0.05, 0.1) is 12.1 Å². The van der Waals surface area contributed by atoms with Crippen molar-refractivity contribution < 1.29 is 4.74 Å². The van der Waals surface area contributed by atoms with E-state index in [0.29, 0.717) is 0 Å². The first-order valence-corrected chi connectivity index (χ1v) is 6.77. The first-order chi connectivity index (χ1) is 8.40. The lowest BCUT2D eigenvalue weighted by molar-refractivity contribution is -0.00244. The highest BCUT2D eigenvalue weighted by molar-refractivity contribution is 5.27. The lowest BCUT2D eigenvalue weighted by atomic mass is 9.82. The highest BCUT2D eigenvalue weighted by Gasteiger charge is 2.31. The standard InChI is InChI=1S/C16H27NO/c1-6-8-12-9-7-10-13(11-12)14(17)15(18-5)16(2,3)4/h7,9-11,14-15H,6,8,17H2,1-5H3. The highest BCUT2D eigenvalue weighted by Crippen LogP contribution is 2.31. The maximum atomic E-state index is 6.38. The third-order valence-electron chi connectivity index (χ3n) is 3.31. The van der Waals surface area contributed by atoms with Crippen LogP contribution in [0.4, 0.5) is 0 Å². The van der Waals surface area contributed by atoms with Gasteiger partial charge in [-0.2, -0.15) is 0 Å². The molecule has 0 bridgehead atoms. The van der Waals surface area contributed by atoms with Gasteiger partial charge in [0.25, 0.3) is 0 Å². The molecule has 0 amide bonds. The van der Waals surface area contributed by atoms with Crippen molar-refractivity contribution in [3.63, 3.8) is 0 Å². The average Bonchev–Trinajstić information content (AvgIpc) is 2.28. The molecule has 0 aliphatic heterocycles. The Balaban J connectivity index is 2.94. The summed E-state index contributed by atoms with van der Waals surface area (Å²) in [6.07, 6.45) is 2.29. The van der Waals surface area contributed by atoms with Gasteiger partial charge in [0, 0.05) is 7.11 Å². The van der Waals surface area contributed by atoms with Gasteiger partial charge in [-0.25, -0.2) is 0 Å². The predicted molar refractivity (Wildman–Crippen MR) is 77.6 cm³/mol. The second-order valence-corrected chi connectivity index (χ2v) is 6.04. The van der Waals surface area contributed by atoms with Gasteiger partial charge in [-0.3, -0.25) is 0 Å². The van der Waals surface area contributed by atoms with Gasteiger partial charge in [-0.05, 0) is 23.0 Å². The van der Waals surface area contributed by atoms with Gasteiger partial charge < -0.3 is 10.5 Å². The largest absolute Gasteiger partial charge is 0.379 e. The molecule has 2 N–H and O–H groups in total. The van der Waals surface area contributed by atoms with E-state index in [9.17, 15) is 0 Å². The molecule has 1 rings (SSSR count). The van der Waals surface area contributed by atoms with Gasteiger partial charge in [0.1, 0.15) is 0 Å². The molecule has 0 heterocycles. The first-order valence-electron chi connectivity index (χ1n) is 6.77. The number of hydrogen-bond donors (Lipinski definition) is 1. The predicted octanol–water partition coefficient (Wildman–Crippen LogP) is 3.70. The molecule has 2 unspecified atom stereocenters. The Labute approximate surface area is 112 Å². The van der Waals surface area contributed by atoms with Crippen molar-refractivity contribution in [1.82, 2.24) is 0 Å². The zero-order valence-corrected chi connectivity index (χ0v) is 12.4. The van der Waals surface area contributed by atoms with E-state index in [0.717, 1.165) is 12.8 Å². The maximum absolute atomic E-state index is 6.38. The second kappa shape index (κ2) is 6.35. The molecule has 2 atom stereocenters. The SMILES string of the molecule is CCCc1cccc(C(N)C(OC)C(C)(C)C)c1. The van der Waals surface area contributed by atoms with Crippen LogP contribution < -0.4 is 5.73 Å². The molecular formula is C16H27NO. The molecule has 2 heteroatoms. The summed E-state index contributed by atoms with van der Waals surface area (Å²) in [7, 11) is 1.74. The van der Waals surface area contributed by atoms with Crippen LogP contribution in [0.3, 0.4) is 0 Å². The van der Waals surface area contributed by atoms with E-state index in [1.807, 2.05) is 0 Å². The Hall–Kier alpha value is -0.860. The quantitative estimate of drug-likeness (QED) is 0.863.